The van der Waals surface area contributed by atoms with E-state index in [0.717, 1.165) is 29.0 Å². The Morgan fingerprint density at radius 2 is 2.07 bits per heavy atom. The number of carbonyl (C=O) groups excluding carboxylic acids is 1. The summed E-state index contributed by atoms with van der Waals surface area (Å²) in [5.74, 6) is 0.217. The van der Waals surface area contributed by atoms with E-state index in [1.54, 1.807) is 6.08 Å². The molecule has 0 atom stereocenters. The fourth-order valence-corrected chi connectivity index (χ4v) is 2.13. The molecule has 0 radical (unpaired) electrons. The van der Waals surface area contributed by atoms with E-state index < -0.39 is 0 Å². The van der Waals surface area contributed by atoms with Crippen molar-refractivity contribution in [3.63, 3.8) is 0 Å². The maximum Gasteiger partial charge on any atom is 0.155 e. The van der Waals surface area contributed by atoms with Gasteiger partial charge in [-0.2, -0.15) is 0 Å². The zero-order chi connectivity index (χ0) is 10.8. The highest BCUT2D eigenvalue weighted by Crippen LogP contribution is 2.31. The quantitative estimate of drug-likeness (QED) is 0.704. The Hall–Kier alpha value is -1.08. The lowest BCUT2D eigenvalue weighted by molar-refractivity contribution is -0.114. The largest absolute Gasteiger partial charge is 0.295 e. The first-order valence-corrected chi connectivity index (χ1v) is 5.54. The fourth-order valence-electron chi connectivity index (χ4n) is 1.89. The fraction of sp³-hybridized carbons (Fsp3) is 0.308. The van der Waals surface area contributed by atoms with Gasteiger partial charge in [-0.15, -0.1) is 0 Å². The molecule has 1 aliphatic carbocycles. The molecule has 0 spiro atoms. The first kappa shape index (κ1) is 10.4. The summed E-state index contributed by atoms with van der Waals surface area (Å²) in [7, 11) is 0. The van der Waals surface area contributed by atoms with Crippen LogP contribution in [0.3, 0.4) is 0 Å². The third kappa shape index (κ3) is 2.29. The van der Waals surface area contributed by atoms with E-state index in [1.807, 2.05) is 25.1 Å². The van der Waals surface area contributed by atoms with Crippen molar-refractivity contribution in [3.8, 4) is 0 Å². The van der Waals surface area contributed by atoms with E-state index in [2.05, 4.69) is 0 Å². The smallest absolute Gasteiger partial charge is 0.155 e. The van der Waals surface area contributed by atoms with Gasteiger partial charge in [0.15, 0.2) is 5.78 Å². The molecule has 0 amide bonds. The standard InChI is InChI=1S/C13H13ClO/c1-9-5-6-13(14)12(7-9)10-3-2-4-11(15)8-10/h5-8H,2-4H2,1H3. The van der Waals surface area contributed by atoms with Crippen molar-refractivity contribution in [1.29, 1.82) is 0 Å². The van der Waals surface area contributed by atoms with Crippen LogP contribution in [-0.4, -0.2) is 5.78 Å². The van der Waals surface area contributed by atoms with Crippen molar-refractivity contribution in [2.24, 2.45) is 0 Å². The van der Waals surface area contributed by atoms with Gasteiger partial charge in [0.2, 0.25) is 0 Å². The summed E-state index contributed by atoms with van der Waals surface area (Å²) in [5, 5.41) is 0.738. The van der Waals surface area contributed by atoms with Crippen LogP contribution in [-0.2, 0) is 4.79 Å². The van der Waals surface area contributed by atoms with Gasteiger partial charge in [-0.3, -0.25) is 4.79 Å². The highest BCUT2D eigenvalue weighted by Gasteiger charge is 2.13. The average Bonchev–Trinajstić information content (AvgIpc) is 2.22. The Morgan fingerprint density at radius 1 is 1.27 bits per heavy atom. The van der Waals surface area contributed by atoms with Crippen LogP contribution in [0.4, 0.5) is 0 Å². The van der Waals surface area contributed by atoms with Gasteiger partial charge in [-0.25, -0.2) is 0 Å². The van der Waals surface area contributed by atoms with Crippen LogP contribution < -0.4 is 0 Å². The Morgan fingerprint density at radius 3 is 2.80 bits per heavy atom. The number of allylic oxidation sites excluding steroid dienone is 2. The molecule has 2 heteroatoms. The molecule has 0 N–H and O–H groups in total. The van der Waals surface area contributed by atoms with Crippen LogP contribution >= 0.6 is 11.6 Å². The normalized spacial score (nSPS) is 16.4. The predicted molar refractivity (Wildman–Crippen MR) is 63.0 cm³/mol. The third-order valence-corrected chi connectivity index (χ3v) is 3.00. The first-order valence-electron chi connectivity index (χ1n) is 5.17. The second kappa shape index (κ2) is 4.19. The van der Waals surface area contributed by atoms with E-state index in [-0.39, 0.29) is 5.78 Å². The van der Waals surface area contributed by atoms with Crippen molar-refractivity contribution < 1.29 is 4.79 Å². The predicted octanol–water partition coefficient (Wildman–Crippen LogP) is 3.78. The number of halogens is 1. The minimum Gasteiger partial charge on any atom is -0.295 e. The number of carbonyl (C=O) groups is 1. The van der Waals surface area contributed by atoms with E-state index >= 15 is 0 Å². The molecule has 0 unspecified atom stereocenters. The number of rotatable bonds is 1. The lowest BCUT2D eigenvalue weighted by atomic mass is 9.92. The van der Waals surface area contributed by atoms with Gasteiger partial charge in [0.25, 0.3) is 0 Å². The summed E-state index contributed by atoms with van der Waals surface area (Å²) < 4.78 is 0. The Labute approximate surface area is 94.8 Å². The monoisotopic (exact) mass is 220 g/mol. The van der Waals surface area contributed by atoms with Crippen molar-refractivity contribution >= 4 is 23.0 Å². The molecule has 0 saturated carbocycles. The van der Waals surface area contributed by atoms with Crippen LogP contribution in [0.1, 0.15) is 30.4 Å². The highest BCUT2D eigenvalue weighted by atomic mass is 35.5. The van der Waals surface area contributed by atoms with Gasteiger partial charge in [-0.1, -0.05) is 29.3 Å². The molecule has 1 aromatic rings. The van der Waals surface area contributed by atoms with Crippen LogP contribution in [0.15, 0.2) is 24.3 Å². The summed E-state index contributed by atoms with van der Waals surface area (Å²) in [6, 6.07) is 5.93. The Kier molecular flexibility index (Phi) is 2.92. The SMILES string of the molecule is Cc1ccc(Cl)c(C2=CC(=O)CCC2)c1. The van der Waals surface area contributed by atoms with Gasteiger partial charge in [-0.05, 0) is 43.0 Å². The molecule has 1 nitrogen and oxygen atoms in total. The molecule has 0 fully saturated rings. The zero-order valence-corrected chi connectivity index (χ0v) is 9.47. The van der Waals surface area contributed by atoms with Crippen molar-refractivity contribution in [2.45, 2.75) is 26.2 Å². The molecule has 0 aliphatic heterocycles. The third-order valence-electron chi connectivity index (χ3n) is 2.67. The van der Waals surface area contributed by atoms with Crippen molar-refractivity contribution in [2.75, 3.05) is 0 Å². The van der Waals surface area contributed by atoms with E-state index in [0.29, 0.717) is 6.42 Å². The lowest BCUT2D eigenvalue weighted by Crippen LogP contribution is -2.02. The second-order valence-corrected chi connectivity index (χ2v) is 4.38. The summed E-state index contributed by atoms with van der Waals surface area (Å²) >= 11 is 6.13. The topological polar surface area (TPSA) is 17.1 Å². The van der Waals surface area contributed by atoms with Gasteiger partial charge in [0.1, 0.15) is 0 Å². The molecule has 1 aliphatic rings. The van der Waals surface area contributed by atoms with Gasteiger partial charge in [0, 0.05) is 11.4 Å². The van der Waals surface area contributed by atoms with Gasteiger partial charge < -0.3 is 0 Å². The minimum absolute atomic E-state index is 0.217. The van der Waals surface area contributed by atoms with Gasteiger partial charge >= 0.3 is 0 Å². The molecule has 1 aromatic carbocycles. The Balaban J connectivity index is 2.44. The van der Waals surface area contributed by atoms with Crippen LogP contribution in [0, 0.1) is 6.92 Å². The number of aryl methyl sites for hydroxylation is 1. The molecule has 78 valence electrons. The Bertz CT molecular complexity index is 432. The number of hydrogen-bond donors (Lipinski definition) is 0. The maximum absolute atomic E-state index is 11.3. The highest BCUT2D eigenvalue weighted by molar-refractivity contribution is 6.32. The summed E-state index contributed by atoms with van der Waals surface area (Å²) in [6.07, 6.45) is 4.31. The van der Waals surface area contributed by atoms with Crippen LogP contribution in [0.5, 0.6) is 0 Å². The van der Waals surface area contributed by atoms with Crippen molar-refractivity contribution in [3.05, 3.63) is 40.4 Å². The molecule has 0 saturated heterocycles. The molecule has 15 heavy (non-hydrogen) atoms. The lowest BCUT2D eigenvalue weighted by Gasteiger charge is -2.14. The van der Waals surface area contributed by atoms with Crippen molar-refractivity contribution in [1.82, 2.24) is 0 Å². The summed E-state index contributed by atoms with van der Waals surface area (Å²) in [4.78, 5) is 11.3. The van der Waals surface area contributed by atoms with E-state index in [4.69, 9.17) is 11.6 Å². The second-order valence-electron chi connectivity index (χ2n) is 3.97. The molecular formula is C13H13ClO. The van der Waals surface area contributed by atoms with E-state index in [1.165, 1.54) is 5.56 Å². The number of ketones is 1. The first-order chi connectivity index (χ1) is 7.16. The zero-order valence-electron chi connectivity index (χ0n) is 8.72. The number of hydrogen-bond acceptors (Lipinski definition) is 1. The molecule has 0 bridgehead atoms. The van der Waals surface area contributed by atoms with Crippen LogP contribution in [0.25, 0.3) is 5.57 Å². The maximum atomic E-state index is 11.3. The molecule has 0 aromatic heterocycles. The van der Waals surface area contributed by atoms with E-state index in [9.17, 15) is 4.79 Å². The molecule has 0 heterocycles. The minimum atomic E-state index is 0.217. The summed E-state index contributed by atoms with van der Waals surface area (Å²) in [6.45, 7) is 2.03. The van der Waals surface area contributed by atoms with Gasteiger partial charge in [0.05, 0.1) is 0 Å². The van der Waals surface area contributed by atoms with Crippen LogP contribution in [0.2, 0.25) is 5.02 Å². The molecule has 2 rings (SSSR count). The average molecular weight is 221 g/mol. The molecular weight excluding hydrogens is 208 g/mol. The summed E-state index contributed by atoms with van der Waals surface area (Å²) in [5.41, 5.74) is 3.28. The number of benzene rings is 1.